The highest BCUT2D eigenvalue weighted by Crippen LogP contribution is 2.31. The monoisotopic (exact) mass is 230 g/mol. The van der Waals surface area contributed by atoms with Gasteiger partial charge in [-0.05, 0) is 37.8 Å². The smallest absolute Gasteiger partial charge is 0.123 e. The van der Waals surface area contributed by atoms with Crippen molar-refractivity contribution in [3.05, 3.63) is 48.1 Å². The lowest BCUT2D eigenvalue weighted by molar-refractivity contribution is 0.473. The summed E-state index contributed by atoms with van der Waals surface area (Å²) in [5.41, 5.74) is 3.51. The highest BCUT2D eigenvalue weighted by molar-refractivity contribution is 5.73. The Hall–Kier alpha value is -1.50. The van der Waals surface area contributed by atoms with Crippen molar-refractivity contribution in [3.8, 4) is 5.75 Å². The van der Waals surface area contributed by atoms with E-state index >= 15 is 0 Å². The van der Waals surface area contributed by atoms with Crippen LogP contribution in [0.1, 0.15) is 45.1 Å². The fourth-order valence-corrected chi connectivity index (χ4v) is 1.98. The molecule has 0 fully saturated rings. The Morgan fingerprint density at radius 1 is 1.35 bits per heavy atom. The summed E-state index contributed by atoms with van der Waals surface area (Å²) in [6.07, 6.45) is 6.19. The number of phenols is 1. The van der Waals surface area contributed by atoms with E-state index in [0.717, 1.165) is 18.4 Å². The summed E-state index contributed by atoms with van der Waals surface area (Å²) >= 11 is 0. The largest absolute Gasteiger partial charge is 0.507 e. The number of hydrogen-bond acceptors (Lipinski definition) is 1. The molecule has 0 amide bonds. The van der Waals surface area contributed by atoms with Crippen LogP contribution in [0.25, 0.3) is 5.57 Å². The minimum absolute atomic E-state index is 0.361. The Kier molecular flexibility index (Phi) is 5.55. The average molecular weight is 230 g/mol. The van der Waals surface area contributed by atoms with Gasteiger partial charge in [0.1, 0.15) is 5.75 Å². The van der Waals surface area contributed by atoms with Crippen molar-refractivity contribution in [1.82, 2.24) is 0 Å². The molecule has 17 heavy (non-hydrogen) atoms. The molecule has 1 N–H and O–H groups in total. The van der Waals surface area contributed by atoms with Crippen molar-refractivity contribution < 1.29 is 5.11 Å². The van der Waals surface area contributed by atoms with Crippen LogP contribution in [-0.2, 0) is 0 Å². The normalized spacial score (nSPS) is 12.1. The Bertz CT molecular complexity index is 402. The van der Waals surface area contributed by atoms with Gasteiger partial charge in [0.15, 0.2) is 0 Å². The summed E-state index contributed by atoms with van der Waals surface area (Å²) in [5.74, 6) is 0.361. The number of benzene rings is 1. The zero-order chi connectivity index (χ0) is 12.7. The van der Waals surface area contributed by atoms with Crippen molar-refractivity contribution in [2.75, 3.05) is 0 Å². The first-order valence-corrected chi connectivity index (χ1v) is 6.28. The van der Waals surface area contributed by atoms with Gasteiger partial charge < -0.3 is 5.11 Å². The van der Waals surface area contributed by atoms with Crippen molar-refractivity contribution in [2.45, 2.75) is 39.5 Å². The summed E-state index contributed by atoms with van der Waals surface area (Å²) in [6, 6.07) is 7.53. The number of rotatable bonds is 6. The summed E-state index contributed by atoms with van der Waals surface area (Å²) in [7, 11) is 0. The molecule has 0 radical (unpaired) electrons. The van der Waals surface area contributed by atoms with Gasteiger partial charge in [0.2, 0.25) is 0 Å². The highest BCUT2D eigenvalue weighted by Gasteiger charge is 2.08. The van der Waals surface area contributed by atoms with Gasteiger partial charge in [0, 0.05) is 5.56 Å². The third-order valence-electron chi connectivity index (χ3n) is 3.00. The van der Waals surface area contributed by atoms with Crippen LogP contribution in [0.4, 0.5) is 0 Å². The maximum atomic E-state index is 9.91. The lowest BCUT2D eigenvalue weighted by atomic mass is 9.94. The Balaban J connectivity index is 3.08. The van der Waals surface area contributed by atoms with Crippen LogP contribution in [0.2, 0.25) is 0 Å². The quantitative estimate of drug-likeness (QED) is 0.687. The Morgan fingerprint density at radius 2 is 2.06 bits per heavy atom. The number of phenolic OH excluding ortho intramolecular Hbond substituents is 1. The molecule has 0 unspecified atom stereocenters. The fourth-order valence-electron chi connectivity index (χ4n) is 1.98. The van der Waals surface area contributed by atoms with Gasteiger partial charge in [0.05, 0.1) is 0 Å². The van der Waals surface area contributed by atoms with E-state index in [1.165, 1.54) is 24.0 Å². The van der Waals surface area contributed by atoms with Gasteiger partial charge in [-0.3, -0.25) is 0 Å². The van der Waals surface area contributed by atoms with Gasteiger partial charge in [0.25, 0.3) is 0 Å². The van der Waals surface area contributed by atoms with Crippen molar-refractivity contribution in [3.63, 3.8) is 0 Å². The zero-order valence-electron chi connectivity index (χ0n) is 10.9. The van der Waals surface area contributed by atoms with E-state index < -0.39 is 0 Å². The van der Waals surface area contributed by atoms with E-state index in [0.29, 0.717) is 5.75 Å². The van der Waals surface area contributed by atoms with Crippen molar-refractivity contribution in [2.24, 2.45) is 0 Å². The number of para-hydroxylation sites is 1. The van der Waals surface area contributed by atoms with Crippen LogP contribution in [0, 0.1) is 0 Å². The number of aromatic hydroxyl groups is 1. The second-order valence-corrected chi connectivity index (χ2v) is 4.37. The number of allylic oxidation sites excluding steroid dienone is 3. The summed E-state index contributed by atoms with van der Waals surface area (Å²) in [6.45, 7) is 8.15. The molecule has 1 aromatic carbocycles. The van der Waals surface area contributed by atoms with Crippen molar-refractivity contribution in [1.29, 1.82) is 0 Å². The van der Waals surface area contributed by atoms with Gasteiger partial charge in [-0.15, -0.1) is 6.58 Å². The van der Waals surface area contributed by atoms with Crippen LogP contribution >= 0.6 is 0 Å². The molecule has 1 rings (SSSR count). The summed E-state index contributed by atoms with van der Waals surface area (Å²) in [4.78, 5) is 0. The first-order valence-electron chi connectivity index (χ1n) is 6.28. The molecule has 0 aromatic heterocycles. The van der Waals surface area contributed by atoms with Crippen LogP contribution in [-0.4, -0.2) is 5.11 Å². The molecule has 0 atom stereocenters. The Labute approximate surface area is 104 Å². The molecule has 0 spiro atoms. The summed E-state index contributed by atoms with van der Waals surface area (Å²) in [5, 5.41) is 9.91. The molecule has 0 saturated carbocycles. The minimum Gasteiger partial charge on any atom is -0.507 e. The SMILES string of the molecule is C=CC/C(=C(/C)CCCC)c1ccccc1O. The van der Waals surface area contributed by atoms with E-state index in [-0.39, 0.29) is 0 Å². The summed E-state index contributed by atoms with van der Waals surface area (Å²) < 4.78 is 0. The maximum absolute atomic E-state index is 9.91. The minimum atomic E-state index is 0.361. The van der Waals surface area contributed by atoms with Crippen LogP contribution in [0.15, 0.2) is 42.5 Å². The standard InChI is InChI=1S/C16H22O/c1-4-6-10-13(3)14(9-5-2)15-11-7-8-12-16(15)17/h5,7-8,11-12,17H,2,4,6,9-10H2,1,3H3/b14-13+. The van der Waals surface area contributed by atoms with Crippen LogP contribution < -0.4 is 0 Å². The molecule has 0 aliphatic rings. The first kappa shape index (κ1) is 13.6. The molecular formula is C16H22O. The fraction of sp³-hybridized carbons (Fsp3) is 0.375. The molecule has 0 heterocycles. The van der Waals surface area contributed by atoms with E-state index in [1.807, 2.05) is 24.3 Å². The first-order chi connectivity index (χ1) is 8.20. The van der Waals surface area contributed by atoms with Crippen LogP contribution in [0.3, 0.4) is 0 Å². The number of unbranched alkanes of at least 4 members (excludes halogenated alkanes) is 1. The molecule has 0 saturated heterocycles. The van der Waals surface area contributed by atoms with Crippen molar-refractivity contribution >= 4 is 5.57 Å². The van der Waals surface area contributed by atoms with E-state index in [2.05, 4.69) is 20.4 Å². The predicted octanol–water partition coefficient (Wildman–Crippen LogP) is 4.93. The van der Waals surface area contributed by atoms with Gasteiger partial charge in [-0.2, -0.15) is 0 Å². The number of hydrogen-bond donors (Lipinski definition) is 1. The maximum Gasteiger partial charge on any atom is 0.123 e. The highest BCUT2D eigenvalue weighted by atomic mass is 16.3. The second kappa shape index (κ2) is 6.95. The molecular weight excluding hydrogens is 208 g/mol. The van der Waals surface area contributed by atoms with E-state index in [4.69, 9.17) is 0 Å². The Morgan fingerprint density at radius 3 is 2.65 bits per heavy atom. The molecule has 0 aliphatic heterocycles. The third-order valence-corrected chi connectivity index (χ3v) is 3.00. The van der Waals surface area contributed by atoms with Crippen LogP contribution in [0.5, 0.6) is 5.75 Å². The second-order valence-electron chi connectivity index (χ2n) is 4.37. The topological polar surface area (TPSA) is 20.2 Å². The zero-order valence-corrected chi connectivity index (χ0v) is 10.9. The average Bonchev–Trinajstić information content (AvgIpc) is 2.34. The molecule has 1 heteroatoms. The predicted molar refractivity (Wildman–Crippen MR) is 75.0 cm³/mol. The van der Waals surface area contributed by atoms with Gasteiger partial charge in [-0.25, -0.2) is 0 Å². The third kappa shape index (κ3) is 3.77. The molecule has 1 aromatic rings. The van der Waals surface area contributed by atoms with E-state index in [1.54, 1.807) is 6.07 Å². The molecule has 92 valence electrons. The lowest BCUT2D eigenvalue weighted by Crippen LogP contribution is -1.90. The molecule has 0 bridgehead atoms. The molecule has 0 aliphatic carbocycles. The lowest BCUT2D eigenvalue weighted by Gasteiger charge is -2.12. The van der Waals surface area contributed by atoms with Gasteiger partial charge in [-0.1, -0.05) is 43.2 Å². The van der Waals surface area contributed by atoms with Gasteiger partial charge >= 0.3 is 0 Å². The molecule has 1 nitrogen and oxygen atoms in total. The van der Waals surface area contributed by atoms with E-state index in [9.17, 15) is 5.11 Å².